The number of methoxy groups -OCH3 is 1. The Morgan fingerprint density at radius 2 is 1.88 bits per heavy atom. The fraction of sp³-hybridized carbons (Fsp3) is 0.227. The van der Waals surface area contributed by atoms with Crippen LogP contribution in [0.2, 0.25) is 5.02 Å². The van der Waals surface area contributed by atoms with Crippen molar-refractivity contribution in [3.63, 3.8) is 0 Å². The number of hydrogen-bond donors (Lipinski definition) is 1. The smallest absolute Gasteiger partial charge is 0.417 e. The maximum absolute atomic E-state index is 13.1. The second-order valence-corrected chi connectivity index (χ2v) is 7.54. The number of nitriles is 1. The first kappa shape index (κ1) is 23.9. The molecular weight excluding hydrogens is 461 g/mol. The van der Waals surface area contributed by atoms with Gasteiger partial charge < -0.3 is 14.6 Å². The zero-order valence-corrected chi connectivity index (χ0v) is 18.5. The number of anilines is 1. The molecule has 172 valence electrons. The van der Waals surface area contributed by atoms with E-state index < -0.39 is 34.8 Å². The van der Waals surface area contributed by atoms with Crippen molar-refractivity contribution >= 4 is 23.3 Å². The minimum atomic E-state index is -4.75. The Balaban J connectivity index is 2.01. The summed E-state index contributed by atoms with van der Waals surface area (Å²) in [6, 6.07) is 9.39. The number of rotatable bonds is 5. The van der Waals surface area contributed by atoms with E-state index in [2.05, 4.69) is 5.32 Å². The standard InChI is InChI=1S/C22H18ClF3N4O3/c1-12-13(2)30(15-4-6-16(33-3)7-5-15)20(17(12)9-27)28-19(31)11-29-10-14(22(24,25)26)8-18(23)21(29)32/h4-8,10H,11H2,1-3H3,(H,28,31). The van der Waals surface area contributed by atoms with Gasteiger partial charge in [0.2, 0.25) is 5.91 Å². The van der Waals surface area contributed by atoms with Crippen LogP contribution in [0.4, 0.5) is 19.0 Å². The summed E-state index contributed by atoms with van der Waals surface area (Å²) in [7, 11) is 1.52. The van der Waals surface area contributed by atoms with Crippen molar-refractivity contribution in [1.82, 2.24) is 9.13 Å². The van der Waals surface area contributed by atoms with Crippen LogP contribution in [0.3, 0.4) is 0 Å². The molecule has 1 N–H and O–H groups in total. The minimum absolute atomic E-state index is 0.133. The largest absolute Gasteiger partial charge is 0.497 e. The molecule has 2 heterocycles. The van der Waals surface area contributed by atoms with E-state index in [0.717, 1.165) is 0 Å². The first-order valence-corrected chi connectivity index (χ1v) is 9.89. The quantitative estimate of drug-likeness (QED) is 0.587. The molecule has 3 rings (SSSR count). The number of hydrogen-bond acceptors (Lipinski definition) is 4. The number of pyridine rings is 1. The number of ether oxygens (including phenoxy) is 1. The number of nitrogens with one attached hydrogen (secondary N) is 1. The fourth-order valence-corrected chi connectivity index (χ4v) is 3.54. The van der Waals surface area contributed by atoms with Crippen molar-refractivity contribution in [1.29, 1.82) is 5.26 Å². The lowest BCUT2D eigenvalue weighted by Crippen LogP contribution is -2.29. The molecule has 0 saturated heterocycles. The summed E-state index contributed by atoms with van der Waals surface area (Å²) in [6.07, 6.45) is -4.22. The molecule has 11 heteroatoms. The van der Waals surface area contributed by atoms with E-state index in [1.54, 1.807) is 42.7 Å². The van der Waals surface area contributed by atoms with Gasteiger partial charge in [0.05, 0.1) is 18.2 Å². The van der Waals surface area contributed by atoms with Crippen LogP contribution in [0.15, 0.2) is 41.3 Å². The van der Waals surface area contributed by atoms with Crippen molar-refractivity contribution in [2.24, 2.45) is 0 Å². The molecule has 1 aromatic carbocycles. The Labute approximate surface area is 191 Å². The van der Waals surface area contributed by atoms with E-state index in [0.29, 0.717) is 39.5 Å². The molecule has 0 aliphatic carbocycles. The molecule has 0 bridgehead atoms. The molecule has 0 fully saturated rings. The minimum Gasteiger partial charge on any atom is -0.497 e. The topological polar surface area (TPSA) is 89.1 Å². The number of nitrogens with zero attached hydrogens (tertiary/aromatic N) is 3. The zero-order chi connectivity index (χ0) is 24.5. The molecular formula is C22H18ClF3N4O3. The number of alkyl halides is 3. The Morgan fingerprint density at radius 3 is 2.42 bits per heavy atom. The highest BCUT2D eigenvalue weighted by atomic mass is 35.5. The fourth-order valence-electron chi connectivity index (χ4n) is 3.31. The summed E-state index contributed by atoms with van der Waals surface area (Å²) in [4.78, 5) is 24.9. The lowest BCUT2D eigenvalue weighted by Gasteiger charge is -2.15. The molecule has 33 heavy (non-hydrogen) atoms. The van der Waals surface area contributed by atoms with Gasteiger partial charge in [-0.25, -0.2) is 0 Å². The molecule has 7 nitrogen and oxygen atoms in total. The van der Waals surface area contributed by atoms with Gasteiger partial charge in [-0.15, -0.1) is 0 Å². The number of aromatic nitrogens is 2. The molecule has 0 spiro atoms. The predicted octanol–water partition coefficient (Wildman–Crippen LogP) is 4.45. The molecule has 0 radical (unpaired) electrons. The van der Waals surface area contributed by atoms with Gasteiger partial charge in [0.1, 0.15) is 29.2 Å². The van der Waals surface area contributed by atoms with Gasteiger partial charge in [0.25, 0.3) is 5.56 Å². The summed E-state index contributed by atoms with van der Waals surface area (Å²) < 4.78 is 46.6. The van der Waals surface area contributed by atoms with E-state index in [1.807, 2.05) is 6.07 Å². The molecule has 1 amide bonds. The highest BCUT2D eigenvalue weighted by Gasteiger charge is 2.32. The number of carbonyl (C=O) groups excluding carboxylic acids is 1. The summed E-state index contributed by atoms with van der Waals surface area (Å²) in [5.41, 5.74) is -0.0168. The number of halogens is 4. The third kappa shape index (κ3) is 4.73. The van der Waals surface area contributed by atoms with E-state index in [9.17, 15) is 28.0 Å². The lowest BCUT2D eigenvalue weighted by atomic mass is 10.2. The summed E-state index contributed by atoms with van der Waals surface area (Å²) in [5.74, 6) is -0.0720. The summed E-state index contributed by atoms with van der Waals surface area (Å²) in [6.45, 7) is 2.73. The van der Waals surface area contributed by atoms with Crippen molar-refractivity contribution in [3.8, 4) is 17.5 Å². The number of amides is 1. The van der Waals surface area contributed by atoms with E-state index >= 15 is 0 Å². The molecule has 0 atom stereocenters. The van der Waals surface area contributed by atoms with Crippen molar-refractivity contribution in [2.75, 3.05) is 12.4 Å². The Kier molecular flexibility index (Phi) is 6.56. The number of benzene rings is 1. The molecule has 0 unspecified atom stereocenters. The molecule has 2 aromatic heterocycles. The predicted molar refractivity (Wildman–Crippen MR) is 116 cm³/mol. The van der Waals surface area contributed by atoms with Crippen LogP contribution in [0.1, 0.15) is 22.4 Å². The van der Waals surface area contributed by atoms with Crippen LogP contribution >= 0.6 is 11.6 Å². The van der Waals surface area contributed by atoms with Gasteiger partial charge >= 0.3 is 6.18 Å². The molecule has 0 saturated carbocycles. The van der Waals surface area contributed by atoms with Crippen molar-refractivity contribution in [2.45, 2.75) is 26.6 Å². The average molecular weight is 479 g/mol. The van der Waals surface area contributed by atoms with Gasteiger partial charge in [0.15, 0.2) is 0 Å². The molecule has 0 aliphatic rings. The average Bonchev–Trinajstić information content (AvgIpc) is 2.99. The first-order valence-electron chi connectivity index (χ1n) is 9.51. The lowest BCUT2D eigenvalue weighted by molar-refractivity contribution is -0.138. The van der Waals surface area contributed by atoms with Crippen LogP contribution in [-0.2, 0) is 17.5 Å². The SMILES string of the molecule is COc1ccc(-n2c(C)c(C)c(C#N)c2NC(=O)Cn2cc(C(F)(F)F)cc(Cl)c2=O)cc1. The number of carbonyl (C=O) groups is 1. The van der Waals surface area contributed by atoms with E-state index in [4.69, 9.17) is 16.3 Å². The zero-order valence-electron chi connectivity index (χ0n) is 17.7. The molecule has 0 aliphatic heterocycles. The van der Waals surface area contributed by atoms with Crippen molar-refractivity contribution < 1.29 is 22.7 Å². The monoisotopic (exact) mass is 478 g/mol. The van der Waals surface area contributed by atoms with Gasteiger partial charge in [-0.1, -0.05) is 11.6 Å². The summed E-state index contributed by atoms with van der Waals surface area (Å²) >= 11 is 5.65. The van der Waals surface area contributed by atoms with Gasteiger partial charge in [0, 0.05) is 17.6 Å². The van der Waals surface area contributed by atoms with Crippen LogP contribution in [0, 0.1) is 25.2 Å². The molecule has 3 aromatic rings. The van der Waals surface area contributed by atoms with E-state index in [1.165, 1.54) is 7.11 Å². The Bertz CT molecular complexity index is 1320. The highest BCUT2D eigenvalue weighted by molar-refractivity contribution is 6.30. The normalized spacial score (nSPS) is 11.2. The maximum atomic E-state index is 13.1. The van der Waals surface area contributed by atoms with Gasteiger partial charge in [-0.05, 0) is 49.7 Å². The Morgan fingerprint density at radius 1 is 1.24 bits per heavy atom. The van der Waals surface area contributed by atoms with E-state index in [-0.39, 0.29) is 11.4 Å². The highest BCUT2D eigenvalue weighted by Crippen LogP contribution is 2.31. The van der Waals surface area contributed by atoms with Crippen molar-refractivity contribution in [3.05, 3.63) is 74.3 Å². The van der Waals surface area contributed by atoms with Crippen LogP contribution in [0.25, 0.3) is 5.69 Å². The van der Waals surface area contributed by atoms with Crippen LogP contribution in [0.5, 0.6) is 5.75 Å². The maximum Gasteiger partial charge on any atom is 0.417 e. The summed E-state index contributed by atoms with van der Waals surface area (Å²) in [5, 5.41) is 11.5. The van der Waals surface area contributed by atoms with Gasteiger partial charge in [-0.2, -0.15) is 18.4 Å². The second-order valence-electron chi connectivity index (χ2n) is 7.13. The Hall–Kier alpha value is -3.71. The first-order chi connectivity index (χ1) is 15.5. The third-order valence-corrected chi connectivity index (χ3v) is 5.37. The van der Waals surface area contributed by atoms with Gasteiger partial charge in [-0.3, -0.25) is 14.2 Å². The van der Waals surface area contributed by atoms with Crippen LogP contribution in [-0.4, -0.2) is 22.2 Å². The second kappa shape index (κ2) is 9.03. The third-order valence-electron chi connectivity index (χ3n) is 5.10. The van der Waals surface area contributed by atoms with Crippen LogP contribution < -0.4 is 15.6 Å².